The minimum atomic E-state index is -0.629. The Morgan fingerprint density at radius 1 is 1.18 bits per heavy atom. The Bertz CT molecular complexity index is 945. The molecule has 3 heterocycles. The lowest BCUT2D eigenvalue weighted by molar-refractivity contribution is -0.141. The molecule has 144 valence electrons. The first-order chi connectivity index (χ1) is 13.6. The van der Waals surface area contributed by atoms with Gasteiger partial charge in [0.2, 0.25) is 6.10 Å². The molecule has 7 heteroatoms. The zero-order chi connectivity index (χ0) is 19.7. The average Bonchev–Trinajstić information content (AvgIpc) is 2.72. The molecular weight excluding hydrogens is 356 g/mol. The van der Waals surface area contributed by atoms with Crippen LogP contribution in [0.4, 0.5) is 5.82 Å². The summed E-state index contributed by atoms with van der Waals surface area (Å²) in [5, 5.41) is 9.50. The summed E-state index contributed by atoms with van der Waals surface area (Å²) in [5.41, 5.74) is 2.41. The fraction of sp³-hybridized carbons (Fsp3) is 0.381. The Labute approximate surface area is 164 Å². The summed E-state index contributed by atoms with van der Waals surface area (Å²) in [6.45, 7) is 6.43. The molecule has 1 fully saturated rings. The van der Waals surface area contributed by atoms with E-state index in [-0.39, 0.29) is 12.5 Å². The lowest BCUT2D eigenvalue weighted by atomic mass is 10.1. The molecule has 1 aromatic heterocycles. The van der Waals surface area contributed by atoms with Crippen molar-refractivity contribution in [2.45, 2.75) is 20.0 Å². The molecule has 0 bridgehead atoms. The number of pyridine rings is 1. The van der Waals surface area contributed by atoms with Crippen molar-refractivity contribution in [2.75, 3.05) is 37.7 Å². The van der Waals surface area contributed by atoms with Gasteiger partial charge in [0.05, 0.1) is 5.56 Å². The molecule has 1 atom stereocenters. The number of amides is 1. The third-order valence-corrected chi connectivity index (χ3v) is 5.11. The van der Waals surface area contributed by atoms with Crippen molar-refractivity contribution in [3.05, 3.63) is 47.2 Å². The maximum Gasteiger partial charge on any atom is 0.267 e. The predicted octanol–water partition coefficient (Wildman–Crippen LogP) is 2.06. The number of nitriles is 1. The van der Waals surface area contributed by atoms with E-state index in [1.807, 2.05) is 44.2 Å². The van der Waals surface area contributed by atoms with Crippen LogP contribution >= 0.6 is 0 Å². The van der Waals surface area contributed by atoms with Crippen LogP contribution in [0.15, 0.2) is 30.3 Å². The number of hydrogen-bond donors (Lipinski definition) is 0. The van der Waals surface area contributed by atoms with Crippen LogP contribution in [0.3, 0.4) is 0 Å². The number of anilines is 1. The topological polar surface area (TPSA) is 78.7 Å². The summed E-state index contributed by atoms with van der Waals surface area (Å²) < 4.78 is 11.5. The molecule has 2 aliphatic rings. The first-order valence-corrected chi connectivity index (χ1v) is 9.37. The van der Waals surface area contributed by atoms with E-state index >= 15 is 0 Å². The number of benzene rings is 1. The molecule has 1 amide bonds. The molecule has 4 rings (SSSR count). The number of hydrogen-bond acceptors (Lipinski definition) is 6. The molecule has 0 N–H and O–H groups in total. The lowest BCUT2D eigenvalue weighted by Crippen LogP contribution is -2.54. The summed E-state index contributed by atoms with van der Waals surface area (Å²) >= 11 is 0. The lowest BCUT2D eigenvalue weighted by Gasteiger charge is -2.38. The minimum absolute atomic E-state index is 0.0666. The number of aromatic nitrogens is 1. The van der Waals surface area contributed by atoms with Gasteiger partial charge in [-0.05, 0) is 37.6 Å². The van der Waals surface area contributed by atoms with Gasteiger partial charge in [0.15, 0.2) is 11.5 Å². The highest BCUT2D eigenvalue weighted by Gasteiger charge is 2.33. The molecule has 2 aliphatic heterocycles. The van der Waals surface area contributed by atoms with E-state index in [1.165, 1.54) is 0 Å². The van der Waals surface area contributed by atoms with E-state index in [9.17, 15) is 10.1 Å². The first kappa shape index (κ1) is 18.1. The van der Waals surface area contributed by atoms with Crippen molar-refractivity contribution < 1.29 is 14.3 Å². The van der Waals surface area contributed by atoms with Gasteiger partial charge in [-0.1, -0.05) is 12.1 Å². The van der Waals surface area contributed by atoms with E-state index in [2.05, 4.69) is 16.0 Å². The fourth-order valence-corrected chi connectivity index (χ4v) is 3.67. The van der Waals surface area contributed by atoms with Crippen LogP contribution < -0.4 is 14.4 Å². The second-order valence-corrected chi connectivity index (χ2v) is 7.07. The van der Waals surface area contributed by atoms with Gasteiger partial charge in [-0.25, -0.2) is 4.98 Å². The number of carbonyl (C=O) groups is 1. The predicted molar refractivity (Wildman–Crippen MR) is 104 cm³/mol. The third-order valence-electron chi connectivity index (χ3n) is 5.11. The Hall–Kier alpha value is -3.27. The average molecular weight is 378 g/mol. The number of piperazine rings is 1. The second-order valence-electron chi connectivity index (χ2n) is 7.07. The van der Waals surface area contributed by atoms with E-state index < -0.39 is 6.10 Å². The third kappa shape index (κ3) is 3.33. The first-order valence-electron chi connectivity index (χ1n) is 9.37. The Morgan fingerprint density at radius 2 is 1.89 bits per heavy atom. The van der Waals surface area contributed by atoms with Crippen molar-refractivity contribution in [3.63, 3.8) is 0 Å². The molecule has 0 saturated carbocycles. The number of fused-ring (bicyclic) bond motifs is 1. The van der Waals surface area contributed by atoms with E-state index in [4.69, 9.17) is 9.47 Å². The molecule has 0 unspecified atom stereocenters. The normalized spacial score (nSPS) is 18.5. The highest BCUT2D eigenvalue weighted by Crippen LogP contribution is 2.31. The fourth-order valence-electron chi connectivity index (χ4n) is 3.67. The molecule has 0 spiro atoms. The highest BCUT2D eigenvalue weighted by atomic mass is 16.6. The van der Waals surface area contributed by atoms with Gasteiger partial charge >= 0.3 is 0 Å². The standard InChI is InChI=1S/C21H22N4O3/c1-14-11-15(2)23-20(16(14)12-22)24-7-9-25(10-8-24)21(26)19-13-27-17-5-3-4-6-18(17)28-19/h3-6,11,19H,7-10,13H2,1-2H3/t19-/m0/s1. The van der Waals surface area contributed by atoms with Crippen LogP contribution in [0, 0.1) is 25.2 Å². The van der Waals surface area contributed by atoms with Crippen molar-refractivity contribution in [1.29, 1.82) is 5.26 Å². The minimum Gasteiger partial charge on any atom is -0.485 e. The summed E-state index contributed by atoms with van der Waals surface area (Å²) in [6, 6.07) is 11.6. The zero-order valence-electron chi connectivity index (χ0n) is 16.0. The van der Waals surface area contributed by atoms with E-state index in [1.54, 1.807) is 4.90 Å². The van der Waals surface area contributed by atoms with Crippen LogP contribution in [0.2, 0.25) is 0 Å². The molecule has 2 aromatic rings. The monoisotopic (exact) mass is 378 g/mol. The Morgan fingerprint density at radius 3 is 2.61 bits per heavy atom. The SMILES string of the molecule is Cc1cc(C)c(C#N)c(N2CCN(C(=O)[C@@H]3COc4ccccc4O3)CC2)n1. The van der Waals surface area contributed by atoms with Crippen LogP contribution in [0.1, 0.15) is 16.8 Å². The summed E-state index contributed by atoms with van der Waals surface area (Å²) in [4.78, 5) is 21.3. The summed E-state index contributed by atoms with van der Waals surface area (Å²) in [6.07, 6.45) is -0.629. The van der Waals surface area contributed by atoms with Crippen LogP contribution in [-0.4, -0.2) is 54.7 Å². The molecule has 28 heavy (non-hydrogen) atoms. The van der Waals surface area contributed by atoms with Gasteiger partial charge in [0.1, 0.15) is 18.5 Å². The maximum absolute atomic E-state index is 12.9. The van der Waals surface area contributed by atoms with Gasteiger partial charge in [-0.15, -0.1) is 0 Å². The van der Waals surface area contributed by atoms with E-state index in [0.29, 0.717) is 49.1 Å². The van der Waals surface area contributed by atoms with Gasteiger partial charge in [0, 0.05) is 31.9 Å². The smallest absolute Gasteiger partial charge is 0.267 e. The Balaban J connectivity index is 1.43. The molecular formula is C21H22N4O3. The van der Waals surface area contributed by atoms with Crippen LogP contribution in [0.5, 0.6) is 11.5 Å². The molecule has 1 saturated heterocycles. The number of para-hydroxylation sites is 2. The van der Waals surface area contributed by atoms with Crippen LogP contribution in [0.25, 0.3) is 0 Å². The van der Waals surface area contributed by atoms with E-state index in [0.717, 1.165) is 11.3 Å². The molecule has 1 aromatic carbocycles. The number of carbonyl (C=O) groups excluding carboxylic acids is 1. The van der Waals surface area contributed by atoms with Gasteiger partial charge in [-0.3, -0.25) is 4.79 Å². The van der Waals surface area contributed by atoms with Gasteiger partial charge in [0.25, 0.3) is 5.91 Å². The second kappa shape index (κ2) is 7.39. The molecule has 0 radical (unpaired) electrons. The molecule has 7 nitrogen and oxygen atoms in total. The van der Waals surface area contributed by atoms with Crippen molar-refractivity contribution in [1.82, 2.24) is 9.88 Å². The maximum atomic E-state index is 12.9. The summed E-state index contributed by atoms with van der Waals surface area (Å²) in [7, 11) is 0. The van der Waals surface area contributed by atoms with Gasteiger partial charge in [-0.2, -0.15) is 5.26 Å². The number of aryl methyl sites for hydroxylation is 2. The summed E-state index contributed by atoms with van der Waals surface area (Å²) in [5.74, 6) is 1.91. The zero-order valence-corrected chi connectivity index (χ0v) is 16.0. The number of rotatable bonds is 2. The largest absolute Gasteiger partial charge is 0.485 e. The number of nitrogens with zero attached hydrogens (tertiary/aromatic N) is 4. The van der Waals surface area contributed by atoms with Crippen molar-refractivity contribution in [2.24, 2.45) is 0 Å². The van der Waals surface area contributed by atoms with Crippen LogP contribution in [-0.2, 0) is 4.79 Å². The quantitative estimate of drug-likeness (QED) is 0.796. The highest BCUT2D eigenvalue weighted by molar-refractivity contribution is 5.82. The Kier molecular flexibility index (Phi) is 4.78. The van der Waals surface area contributed by atoms with Crippen molar-refractivity contribution in [3.8, 4) is 17.6 Å². The van der Waals surface area contributed by atoms with Crippen molar-refractivity contribution >= 4 is 11.7 Å². The molecule has 0 aliphatic carbocycles. The van der Waals surface area contributed by atoms with Gasteiger partial charge < -0.3 is 19.3 Å². The number of ether oxygens (including phenoxy) is 2.